The number of hydrogen-bond acceptors (Lipinski definition) is 3. The largest absolute Gasteiger partial charge is 0.381 e. The molecule has 2 rings (SSSR count). The van der Waals surface area contributed by atoms with E-state index in [0.29, 0.717) is 11.0 Å². The van der Waals surface area contributed by atoms with Crippen molar-refractivity contribution in [3.05, 3.63) is 66.6 Å². The number of hydrogen-bond donors (Lipinski definition) is 1. The molecule has 0 bridgehead atoms. The first-order chi connectivity index (χ1) is 9.47. The Morgan fingerprint density at radius 2 is 1.90 bits per heavy atom. The van der Waals surface area contributed by atoms with E-state index in [4.69, 9.17) is 0 Å². The summed E-state index contributed by atoms with van der Waals surface area (Å²) in [5.74, 6) is 0. The van der Waals surface area contributed by atoms with Crippen LogP contribution in [0.5, 0.6) is 0 Å². The molecule has 0 atom stereocenters. The molecule has 1 N–H and O–H groups in total. The van der Waals surface area contributed by atoms with Gasteiger partial charge in [-0.05, 0) is 52.2 Å². The molecular formula is C14H12Br2N2O2. The highest BCUT2D eigenvalue weighted by atomic mass is 79.9. The number of nitrogens with zero attached hydrogens (tertiary/aromatic N) is 1. The first-order valence-corrected chi connectivity index (χ1v) is 7.49. The van der Waals surface area contributed by atoms with Gasteiger partial charge < -0.3 is 5.32 Å². The monoisotopic (exact) mass is 398 g/mol. The van der Waals surface area contributed by atoms with Crippen molar-refractivity contribution >= 4 is 43.2 Å². The quantitative estimate of drug-likeness (QED) is 0.578. The minimum atomic E-state index is -0.405. The van der Waals surface area contributed by atoms with E-state index in [1.807, 2.05) is 25.1 Å². The summed E-state index contributed by atoms with van der Waals surface area (Å²) in [6, 6.07) is 11.1. The average Bonchev–Trinajstić information content (AvgIpc) is 2.41. The van der Waals surface area contributed by atoms with Gasteiger partial charge in [0.15, 0.2) is 0 Å². The first-order valence-electron chi connectivity index (χ1n) is 5.90. The van der Waals surface area contributed by atoms with Crippen LogP contribution in [-0.2, 0) is 6.54 Å². The molecule has 0 saturated heterocycles. The smallest absolute Gasteiger partial charge is 0.285 e. The van der Waals surface area contributed by atoms with Crippen LogP contribution in [0.15, 0.2) is 45.3 Å². The van der Waals surface area contributed by atoms with Crippen LogP contribution in [0.3, 0.4) is 0 Å². The SMILES string of the molecule is Cc1ccc(CNc2ccc(Br)c([N+](=O)[O-])c2)cc1Br. The number of benzene rings is 2. The number of anilines is 1. The van der Waals surface area contributed by atoms with Crippen LogP contribution >= 0.6 is 31.9 Å². The molecule has 0 amide bonds. The number of aryl methyl sites for hydroxylation is 1. The topological polar surface area (TPSA) is 55.2 Å². The lowest BCUT2D eigenvalue weighted by Gasteiger charge is -2.08. The Labute approximate surface area is 133 Å². The molecule has 104 valence electrons. The molecule has 0 fully saturated rings. The second-order valence-corrected chi connectivity index (χ2v) is 6.07. The highest BCUT2D eigenvalue weighted by Crippen LogP contribution is 2.28. The molecule has 0 aromatic heterocycles. The third-order valence-corrected chi connectivity index (χ3v) is 4.40. The van der Waals surface area contributed by atoms with Crippen LogP contribution in [0.25, 0.3) is 0 Å². The Morgan fingerprint density at radius 1 is 1.15 bits per heavy atom. The zero-order valence-electron chi connectivity index (χ0n) is 10.7. The van der Waals surface area contributed by atoms with Gasteiger partial charge >= 0.3 is 0 Å². The van der Waals surface area contributed by atoms with Gasteiger partial charge in [-0.2, -0.15) is 0 Å². The molecule has 0 spiro atoms. The molecule has 0 aliphatic heterocycles. The lowest BCUT2D eigenvalue weighted by Crippen LogP contribution is -2.00. The van der Waals surface area contributed by atoms with Crippen LogP contribution in [0, 0.1) is 17.0 Å². The standard InChI is InChI=1S/C14H12Br2N2O2/c1-9-2-3-10(6-13(9)16)8-17-11-4-5-12(15)14(7-11)18(19)20/h2-7,17H,8H2,1H3. The predicted molar refractivity (Wildman–Crippen MR) is 87.0 cm³/mol. The van der Waals surface area contributed by atoms with Gasteiger partial charge in [0.1, 0.15) is 0 Å². The lowest BCUT2D eigenvalue weighted by molar-refractivity contribution is -0.385. The van der Waals surface area contributed by atoms with Crippen molar-refractivity contribution in [2.75, 3.05) is 5.32 Å². The number of nitro benzene ring substituents is 1. The van der Waals surface area contributed by atoms with Gasteiger partial charge in [-0.3, -0.25) is 10.1 Å². The summed E-state index contributed by atoms with van der Waals surface area (Å²) in [5, 5.41) is 14.1. The van der Waals surface area contributed by atoms with Crippen LogP contribution in [0.2, 0.25) is 0 Å². The van der Waals surface area contributed by atoms with Gasteiger partial charge in [0.05, 0.1) is 9.40 Å². The fraction of sp³-hybridized carbons (Fsp3) is 0.143. The van der Waals surface area contributed by atoms with Crippen molar-refractivity contribution in [2.24, 2.45) is 0 Å². The zero-order chi connectivity index (χ0) is 14.7. The Kier molecular flexibility index (Phi) is 4.77. The van der Waals surface area contributed by atoms with Gasteiger partial charge in [0, 0.05) is 22.8 Å². The number of nitro groups is 1. The summed E-state index contributed by atoms with van der Waals surface area (Å²) in [6.07, 6.45) is 0. The fourth-order valence-corrected chi connectivity index (χ4v) is 2.53. The Bertz CT molecular complexity index is 660. The van der Waals surface area contributed by atoms with Crippen molar-refractivity contribution < 1.29 is 4.92 Å². The third kappa shape index (κ3) is 3.58. The molecule has 0 aliphatic carbocycles. The van der Waals surface area contributed by atoms with Crippen molar-refractivity contribution in [1.29, 1.82) is 0 Å². The molecule has 2 aromatic rings. The highest BCUT2D eigenvalue weighted by molar-refractivity contribution is 9.10. The van der Waals surface area contributed by atoms with Crippen LogP contribution in [0.1, 0.15) is 11.1 Å². The molecule has 20 heavy (non-hydrogen) atoms. The summed E-state index contributed by atoms with van der Waals surface area (Å²) in [4.78, 5) is 10.5. The fourth-order valence-electron chi connectivity index (χ4n) is 1.71. The number of halogens is 2. The minimum Gasteiger partial charge on any atom is -0.381 e. The normalized spacial score (nSPS) is 10.3. The first kappa shape index (κ1) is 15.0. The van der Waals surface area contributed by atoms with E-state index in [1.165, 1.54) is 11.6 Å². The number of nitrogens with one attached hydrogen (secondary N) is 1. The lowest BCUT2D eigenvalue weighted by atomic mass is 10.1. The maximum atomic E-state index is 10.9. The van der Waals surface area contributed by atoms with Crippen molar-refractivity contribution in [3.8, 4) is 0 Å². The molecule has 0 heterocycles. The second-order valence-electron chi connectivity index (χ2n) is 4.36. The van der Waals surface area contributed by atoms with Crippen LogP contribution in [0.4, 0.5) is 11.4 Å². The van der Waals surface area contributed by atoms with Crippen LogP contribution < -0.4 is 5.32 Å². The van der Waals surface area contributed by atoms with E-state index in [2.05, 4.69) is 37.2 Å². The third-order valence-electron chi connectivity index (χ3n) is 2.88. The summed E-state index contributed by atoms with van der Waals surface area (Å²) in [7, 11) is 0. The highest BCUT2D eigenvalue weighted by Gasteiger charge is 2.12. The summed E-state index contributed by atoms with van der Waals surface area (Å²) in [6.45, 7) is 2.64. The molecular weight excluding hydrogens is 388 g/mol. The summed E-state index contributed by atoms with van der Waals surface area (Å²) in [5.41, 5.74) is 3.05. The average molecular weight is 400 g/mol. The van der Waals surface area contributed by atoms with Gasteiger partial charge in [-0.1, -0.05) is 28.1 Å². The van der Waals surface area contributed by atoms with E-state index >= 15 is 0 Å². The Hall–Kier alpha value is -1.40. The Balaban J connectivity index is 2.12. The zero-order valence-corrected chi connectivity index (χ0v) is 13.9. The maximum absolute atomic E-state index is 10.9. The maximum Gasteiger partial charge on any atom is 0.285 e. The van der Waals surface area contributed by atoms with Gasteiger partial charge in [0.2, 0.25) is 0 Å². The van der Waals surface area contributed by atoms with Crippen LogP contribution in [-0.4, -0.2) is 4.92 Å². The van der Waals surface area contributed by atoms with E-state index in [0.717, 1.165) is 15.7 Å². The minimum absolute atomic E-state index is 0.0556. The number of rotatable bonds is 4. The summed E-state index contributed by atoms with van der Waals surface area (Å²) < 4.78 is 1.53. The van der Waals surface area contributed by atoms with E-state index < -0.39 is 4.92 Å². The van der Waals surface area contributed by atoms with Crippen molar-refractivity contribution in [3.63, 3.8) is 0 Å². The van der Waals surface area contributed by atoms with Gasteiger partial charge in [0.25, 0.3) is 5.69 Å². The molecule has 0 radical (unpaired) electrons. The van der Waals surface area contributed by atoms with Crippen molar-refractivity contribution in [2.45, 2.75) is 13.5 Å². The van der Waals surface area contributed by atoms with E-state index in [1.54, 1.807) is 12.1 Å². The van der Waals surface area contributed by atoms with Crippen molar-refractivity contribution in [1.82, 2.24) is 0 Å². The second kappa shape index (κ2) is 6.37. The molecule has 0 unspecified atom stereocenters. The van der Waals surface area contributed by atoms with E-state index in [9.17, 15) is 10.1 Å². The predicted octanol–water partition coefficient (Wildman–Crippen LogP) is 5.04. The van der Waals surface area contributed by atoms with Gasteiger partial charge in [-0.25, -0.2) is 0 Å². The Morgan fingerprint density at radius 3 is 2.55 bits per heavy atom. The molecule has 0 aliphatic rings. The molecule has 6 heteroatoms. The molecule has 4 nitrogen and oxygen atoms in total. The summed E-state index contributed by atoms with van der Waals surface area (Å²) >= 11 is 6.66. The van der Waals surface area contributed by atoms with Gasteiger partial charge in [-0.15, -0.1) is 0 Å². The molecule has 2 aromatic carbocycles. The molecule has 0 saturated carbocycles. The van der Waals surface area contributed by atoms with E-state index in [-0.39, 0.29) is 5.69 Å².